The topological polar surface area (TPSA) is 60.9 Å². The van der Waals surface area contributed by atoms with E-state index in [0.717, 1.165) is 12.8 Å². The lowest BCUT2D eigenvalue weighted by Crippen LogP contribution is -2.43. The van der Waals surface area contributed by atoms with Gasteiger partial charge < -0.3 is 10.0 Å². The van der Waals surface area contributed by atoms with Crippen molar-refractivity contribution in [3.05, 3.63) is 29.8 Å². The Bertz CT molecular complexity index is 488. The number of hydrogen-bond donors (Lipinski definition) is 1. The average molecular weight is 278 g/mol. The van der Waals surface area contributed by atoms with Gasteiger partial charge in [0.2, 0.25) is 0 Å². The van der Waals surface area contributed by atoms with Gasteiger partial charge in [0.05, 0.1) is 11.3 Å². The summed E-state index contributed by atoms with van der Waals surface area (Å²) in [5.41, 5.74) is 0.528. The van der Waals surface area contributed by atoms with Gasteiger partial charge in [0.1, 0.15) is 0 Å². The predicted molar refractivity (Wildman–Crippen MR) is 79.3 cm³/mol. The summed E-state index contributed by atoms with van der Waals surface area (Å²) in [6.07, 6.45) is 1.91. The molecule has 1 aromatic rings. The van der Waals surface area contributed by atoms with Crippen LogP contribution in [0.3, 0.4) is 0 Å². The minimum atomic E-state index is -1.04. The summed E-state index contributed by atoms with van der Waals surface area (Å²) >= 11 is 0. The normalized spacial score (nSPS) is 11.8. The fraction of sp³-hybridized carbons (Fsp3) is 0.467. The van der Waals surface area contributed by atoms with E-state index in [1.807, 2.05) is 6.92 Å². The van der Waals surface area contributed by atoms with Crippen molar-refractivity contribution in [1.82, 2.24) is 4.90 Å². The average Bonchev–Trinajstić information content (AvgIpc) is 2.45. The van der Waals surface area contributed by atoms with Gasteiger partial charge in [0, 0.05) is 20.1 Å². The molecule has 1 aromatic carbocycles. The molecule has 1 N–H and O–H groups in total. The summed E-state index contributed by atoms with van der Waals surface area (Å²) in [6.45, 7) is 4.05. The molecule has 0 saturated carbocycles. The summed E-state index contributed by atoms with van der Waals surface area (Å²) in [5.74, 6) is -1.04. The van der Waals surface area contributed by atoms with E-state index in [9.17, 15) is 14.7 Å². The number of carbonyl (C=O) groups excluding carboxylic acids is 1. The second-order valence-electron chi connectivity index (χ2n) is 4.91. The van der Waals surface area contributed by atoms with Crippen LogP contribution in [0.5, 0.6) is 0 Å². The third kappa shape index (κ3) is 3.50. The molecule has 0 aliphatic heterocycles. The van der Waals surface area contributed by atoms with Gasteiger partial charge in [0.15, 0.2) is 0 Å². The molecule has 0 saturated heterocycles. The number of amides is 2. The van der Waals surface area contributed by atoms with Crippen LogP contribution in [0.2, 0.25) is 0 Å². The lowest BCUT2D eigenvalue weighted by atomic mass is 10.1. The first-order valence-electron chi connectivity index (χ1n) is 6.73. The van der Waals surface area contributed by atoms with Crippen molar-refractivity contribution >= 4 is 17.7 Å². The molecule has 5 nitrogen and oxygen atoms in total. The Kier molecular flexibility index (Phi) is 5.55. The number of nitrogens with zero attached hydrogens (tertiary/aromatic N) is 2. The number of anilines is 1. The minimum Gasteiger partial charge on any atom is -0.478 e. The minimum absolute atomic E-state index is 0.118. The van der Waals surface area contributed by atoms with E-state index >= 15 is 0 Å². The monoisotopic (exact) mass is 278 g/mol. The number of carboxylic acids is 1. The summed E-state index contributed by atoms with van der Waals surface area (Å²) in [4.78, 5) is 26.6. The standard InChI is InChI=1S/C15H22N2O3/c1-5-8-11(2)16(3)15(20)17(4)13-10-7-6-9-12(13)14(18)19/h6-7,9-11H,5,8H2,1-4H3,(H,18,19). The number of rotatable bonds is 5. The molecule has 0 aliphatic carbocycles. The fourth-order valence-corrected chi connectivity index (χ4v) is 2.09. The van der Waals surface area contributed by atoms with Crippen LogP contribution in [-0.4, -0.2) is 42.1 Å². The van der Waals surface area contributed by atoms with Crippen molar-refractivity contribution in [2.75, 3.05) is 19.0 Å². The largest absolute Gasteiger partial charge is 0.478 e. The van der Waals surface area contributed by atoms with Crippen LogP contribution in [0.1, 0.15) is 37.0 Å². The Morgan fingerprint density at radius 1 is 1.25 bits per heavy atom. The molecule has 0 bridgehead atoms. The molecule has 5 heteroatoms. The molecule has 0 aromatic heterocycles. The Labute approximate surface area is 119 Å². The van der Waals surface area contributed by atoms with Crippen LogP contribution in [0.25, 0.3) is 0 Å². The third-order valence-electron chi connectivity index (χ3n) is 3.45. The van der Waals surface area contributed by atoms with E-state index in [4.69, 9.17) is 0 Å². The Balaban J connectivity index is 2.97. The second kappa shape index (κ2) is 6.93. The van der Waals surface area contributed by atoms with Crippen LogP contribution in [-0.2, 0) is 0 Å². The van der Waals surface area contributed by atoms with Gasteiger partial charge in [-0.25, -0.2) is 9.59 Å². The zero-order valence-corrected chi connectivity index (χ0v) is 12.5. The van der Waals surface area contributed by atoms with Gasteiger partial charge in [-0.1, -0.05) is 25.5 Å². The van der Waals surface area contributed by atoms with Crippen molar-refractivity contribution in [1.29, 1.82) is 0 Å². The quantitative estimate of drug-likeness (QED) is 0.900. The van der Waals surface area contributed by atoms with Gasteiger partial charge in [-0.05, 0) is 25.5 Å². The van der Waals surface area contributed by atoms with Gasteiger partial charge in [0.25, 0.3) is 0 Å². The zero-order chi connectivity index (χ0) is 15.3. The highest BCUT2D eigenvalue weighted by Gasteiger charge is 2.23. The molecule has 0 aliphatic rings. The Morgan fingerprint density at radius 3 is 2.40 bits per heavy atom. The molecule has 0 fully saturated rings. The zero-order valence-electron chi connectivity index (χ0n) is 12.5. The van der Waals surface area contributed by atoms with Crippen molar-refractivity contribution in [2.45, 2.75) is 32.7 Å². The van der Waals surface area contributed by atoms with Gasteiger partial charge in [-0.2, -0.15) is 0 Å². The number of aromatic carboxylic acids is 1. The molecule has 0 radical (unpaired) electrons. The summed E-state index contributed by atoms with van der Waals surface area (Å²) < 4.78 is 0. The van der Waals surface area contributed by atoms with E-state index in [0.29, 0.717) is 5.69 Å². The molecule has 2 amide bonds. The van der Waals surface area contributed by atoms with Gasteiger partial charge in [-0.3, -0.25) is 4.90 Å². The second-order valence-corrected chi connectivity index (χ2v) is 4.91. The highest BCUT2D eigenvalue weighted by atomic mass is 16.4. The molecule has 1 unspecified atom stereocenters. The smallest absolute Gasteiger partial charge is 0.337 e. The molecule has 110 valence electrons. The first-order valence-corrected chi connectivity index (χ1v) is 6.73. The third-order valence-corrected chi connectivity index (χ3v) is 3.45. The van der Waals surface area contributed by atoms with Crippen LogP contribution >= 0.6 is 0 Å². The number of para-hydroxylation sites is 1. The summed E-state index contributed by atoms with van der Waals surface area (Å²) in [5, 5.41) is 9.18. The number of urea groups is 1. The number of carbonyl (C=O) groups is 2. The highest BCUT2D eigenvalue weighted by molar-refractivity contribution is 6.01. The Hall–Kier alpha value is -2.04. The predicted octanol–water partition coefficient (Wildman–Crippen LogP) is 3.06. The van der Waals surface area contributed by atoms with Crippen LogP contribution < -0.4 is 4.90 Å². The number of carboxylic acid groups (broad SMARTS) is 1. The van der Waals surface area contributed by atoms with Crippen LogP contribution in [0.15, 0.2) is 24.3 Å². The summed E-state index contributed by atoms with van der Waals surface area (Å²) in [7, 11) is 3.34. The maximum atomic E-state index is 12.4. The van der Waals surface area contributed by atoms with Gasteiger partial charge >= 0.3 is 12.0 Å². The first-order chi connectivity index (χ1) is 9.40. The van der Waals surface area contributed by atoms with Crippen molar-refractivity contribution in [3.63, 3.8) is 0 Å². The van der Waals surface area contributed by atoms with Crippen molar-refractivity contribution in [3.8, 4) is 0 Å². The van der Waals surface area contributed by atoms with Crippen molar-refractivity contribution in [2.24, 2.45) is 0 Å². The van der Waals surface area contributed by atoms with Crippen molar-refractivity contribution < 1.29 is 14.7 Å². The number of benzene rings is 1. The number of hydrogen-bond acceptors (Lipinski definition) is 2. The molecular formula is C15H22N2O3. The van der Waals surface area contributed by atoms with E-state index < -0.39 is 5.97 Å². The van der Waals surface area contributed by atoms with Crippen LogP contribution in [0, 0.1) is 0 Å². The van der Waals surface area contributed by atoms with E-state index in [1.165, 1.54) is 11.0 Å². The maximum absolute atomic E-state index is 12.4. The van der Waals surface area contributed by atoms with E-state index in [-0.39, 0.29) is 17.6 Å². The molecule has 1 atom stereocenters. The maximum Gasteiger partial charge on any atom is 0.337 e. The molecule has 0 spiro atoms. The molecular weight excluding hydrogens is 256 g/mol. The lowest BCUT2D eigenvalue weighted by Gasteiger charge is -2.30. The summed E-state index contributed by atoms with van der Waals surface area (Å²) in [6, 6.07) is 6.42. The lowest BCUT2D eigenvalue weighted by molar-refractivity contribution is 0.0697. The van der Waals surface area contributed by atoms with Crippen LogP contribution in [0.4, 0.5) is 10.5 Å². The van der Waals surface area contributed by atoms with Gasteiger partial charge in [-0.15, -0.1) is 0 Å². The Morgan fingerprint density at radius 2 is 1.85 bits per heavy atom. The van der Waals surface area contributed by atoms with E-state index in [1.54, 1.807) is 37.2 Å². The molecule has 0 heterocycles. The highest BCUT2D eigenvalue weighted by Crippen LogP contribution is 2.21. The molecule has 1 rings (SSSR count). The fourth-order valence-electron chi connectivity index (χ4n) is 2.09. The van der Waals surface area contributed by atoms with E-state index in [2.05, 4.69) is 6.92 Å². The molecule has 20 heavy (non-hydrogen) atoms. The first kappa shape index (κ1) is 16.0. The SMILES string of the molecule is CCCC(C)N(C)C(=O)N(C)c1ccccc1C(=O)O.